The summed E-state index contributed by atoms with van der Waals surface area (Å²) in [5.74, 6) is -0.916. The Bertz CT molecular complexity index is 770. The van der Waals surface area contributed by atoms with E-state index >= 15 is 0 Å². The minimum atomic E-state index is -0.560. The average Bonchev–Trinajstić information content (AvgIpc) is 3.29. The molecule has 1 aliphatic rings. The first-order valence-electron chi connectivity index (χ1n) is 7.66. The number of rotatable bonds is 4. The molecule has 0 spiro atoms. The molecule has 1 aliphatic heterocycles. The Hall–Kier alpha value is -3.29. The van der Waals surface area contributed by atoms with Gasteiger partial charge < -0.3 is 14.1 Å². The number of nitrogens with zero attached hydrogens (tertiary/aromatic N) is 1. The van der Waals surface area contributed by atoms with Crippen molar-refractivity contribution in [3.63, 3.8) is 0 Å². The SMILES string of the molecule is COc1ccc(N2CC(C(=O)NNC(=O)c3ccco3)CC2=O)cc1. The van der Waals surface area contributed by atoms with E-state index < -0.39 is 17.7 Å². The normalized spacial score (nSPS) is 16.6. The zero-order valence-corrected chi connectivity index (χ0v) is 13.5. The maximum atomic E-state index is 12.2. The van der Waals surface area contributed by atoms with Gasteiger partial charge in [-0.1, -0.05) is 0 Å². The highest BCUT2D eigenvalue weighted by Gasteiger charge is 2.35. The van der Waals surface area contributed by atoms with Crippen LogP contribution in [0.4, 0.5) is 5.69 Å². The molecule has 25 heavy (non-hydrogen) atoms. The Kier molecular flexibility index (Phi) is 4.69. The number of amides is 3. The number of furan rings is 1. The van der Waals surface area contributed by atoms with E-state index in [9.17, 15) is 14.4 Å². The highest BCUT2D eigenvalue weighted by molar-refractivity contribution is 6.01. The van der Waals surface area contributed by atoms with E-state index in [0.29, 0.717) is 11.4 Å². The number of methoxy groups -OCH3 is 1. The molecule has 1 aromatic heterocycles. The van der Waals surface area contributed by atoms with Gasteiger partial charge in [0.25, 0.3) is 0 Å². The zero-order chi connectivity index (χ0) is 17.8. The molecule has 1 atom stereocenters. The van der Waals surface area contributed by atoms with E-state index in [1.165, 1.54) is 17.2 Å². The fourth-order valence-corrected chi connectivity index (χ4v) is 2.58. The van der Waals surface area contributed by atoms with Crippen LogP contribution in [0.15, 0.2) is 47.1 Å². The topological polar surface area (TPSA) is 101 Å². The lowest BCUT2D eigenvalue weighted by Crippen LogP contribution is -2.45. The van der Waals surface area contributed by atoms with E-state index in [4.69, 9.17) is 9.15 Å². The fraction of sp³-hybridized carbons (Fsp3) is 0.235. The third kappa shape index (κ3) is 3.63. The second kappa shape index (κ2) is 7.08. The lowest BCUT2D eigenvalue weighted by molar-refractivity contribution is -0.126. The number of anilines is 1. The van der Waals surface area contributed by atoms with Gasteiger partial charge in [0.05, 0.1) is 19.3 Å². The number of carbonyl (C=O) groups is 3. The zero-order valence-electron chi connectivity index (χ0n) is 13.5. The van der Waals surface area contributed by atoms with Gasteiger partial charge in [-0.05, 0) is 36.4 Å². The standard InChI is InChI=1S/C17H17N3O5/c1-24-13-6-4-12(5-7-13)20-10-11(9-15(20)21)16(22)18-19-17(23)14-3-2-8-25-14/h2-8,11H,9-10H2,1H3,(H,18,22)(H,19,23). The number of hydrogen-bond donors (Lipinski definition) is 2. The molecule has 0 aliphatic carbocycles. The molecule has 1 aromatic carbocycles. The highest BCUT2D eigenvalue weighted by Crippen LogP contribution is 2.26. The Morgan fingerprint density at radius 2 is 1.96 bits per heavy atom. The Morgan fingerprint density at radius 3 is 2.60 bits per heavy atom. The molecule has 2 heterocycles. The molecular formula is C17H17N3O5. The van der Waals surface area contributed by atoms with Crippen LogP contribution in [0, 0.1) is 5.92 Å². The molecule has 3 amide bonds. The molecule has 3 rings (SSSR count). The predicted octanol–water partition coefficient (Wildman–Crippen LogP) is 1.10. The average molecular weight is 343 g/mol. The summed E-state index contributed by atoms with van der Waals surface area (Å²) in [4.78, 5) is 37.6. The van der Waals surface area contributed by atoms with Crippen LogP contribution in [0.3, 0.4) is 0 Å². The Balaban J connectivity index is 1.57. The van der Waals surface area contributed by atoms with Crippen molar-refractivity contribution in [3.8, 4) is 5.75 Å². The number of ether oxygens (including phenoxy) is 1. The molecule has 1 fully saturated rings. The lowest BCUT2D eigenvalue weighted by atomic mass is 10.1. The summed E-state index contributed by atoms with van der Waals surface area (Å²) < 4.78 is 10.0. The minimum Gasteiger partial charge on any atom is -0.497 e. The van der Waals surface area contributed by atoms with Gasteiger partial charge in [0.15, 0.2) is 5.76 Å². The third-order valence-corrected chi connectivity index (χ3v) is 3.92. The molecule has 2 N–H and O–H groups in total. The first-order chi connectivity index (χ1) is 12.1. The van der Waals surface area contributed by atoms with Gasteiger partial charge in [0.1, 0.15) is 5.75 Å². The smallest absolute Gasteiger partial charge is 0.305 e. The van der Waals surface area contributed by atoms with Crippen LogP contribution in [0.1, 0.15) is 17.0 Å². The molecule has 0 radical (unpaired) electrons. The molecule has 2 aromatic rings. The number of carbonyl (C=O) groups excluding carboxylic acids is 3. The van der Waals surface area contributed by atoms with Crippen molar-refractivity contribution < 1.29 is 23.5 Å². The Morgan fingerprint density at radius 1 is 1.20 bits per heavy atom. The van der Waals surface area contributed by atoms with E-state index in [1.54, 1.807) is 37.4 Å². The molecule has 0 saturated carbocycles. The number of nitrogens with one attached hydrogen (secondary N) is 2. The summed E-state index contributed by atoms with van der Waals surface area (Å²) in [5.41, 5.74) is 5.29. The van der Waals surface area contributed by atoms with Crippen molar-refractivity contribution in [2.24, 2.45) is 5.92 Å². The van der Waals surface area contributed by atoms with Crippen molar-refractivity contribution in [1.29, 1.82) is 0 Å². The van der Waals surface area contributed by atoms with Gasteiger partial charge in [0.2, 0.25) is 11.8 Å². The highest BCUT2D eigenvalue weighted by atomic mass is 16.5. The maximum absolute atomic E-state index is 12.2. The van der Waals surface area contributed by atoms with Gasteiger partial charge >= 0.3 is 5.91 Å². The summed E-state index contributed by atoms with van der Waals surface area (Å²) in [5, 5.41) is 0. The number of benzene rings is 1. The van der Waals surface area contributed by atoms with Crippen molar-refractivity contribution >= 4 is 23.4 Å². The molecule has 8 nitrogen and oxygen atoms in total. The van der Waals surface area contributed by atoms with Crippen molar-refractivity contribution in [1.82, 2.24) is 10.9 Å². The first kappa shape index (κ1) is 16.6. The molecule has 1 unspecified atom stereocenters. The molecule has 130 valence electrons. The third-order valence-electron chi connectivity index (χ3n) is 3.92. The predicted molar refractivity (Wildman–Crippen MR) is 87.8 cm³/mol. The second-order valence-electron chi connectivity index (χ2n) is 5.52. The van der Waals surface area contributed by atoms with E-state index in [0.717, 1.165) is 0 Å². The minimum absolute atomic E-state index is 0.0779. The van der Waals surface area contributed by atoms with Crippen molar-refractivity contribution in [2.45, 2.75) is 6.42 Å². The molecular weight excluding hydrogens is 326 g/mol. The number of hydrogen-bond acceptors (Lipinski definition) is 5. The van der Waals surface area contributed by atoms with Gasteiger partial charge in [0, 0.05) is 18.7 Å². The van der Waals surface area contributed by atoms with Crippen LogP contribution in [0.25, 0.3) is 0 Å². The van der Waals surface area contributed by atoms with Crippen LogP contribution in [-0.4, -0.2) is 31.4 Å². The second-order valence-corrected chi connectivity index (χ2v) is 5.52. The quantitative estimate of drug-likeness (QED) is 0.810. The summed E-state index contributed by atoms with van der Waals surface area (Å²) in [6.07, 6.45) is 1.44. The monoisotopic (exact) mass is 343 g/mol. The van der Waals surface area contributed by atoms with Gasteiger partial charge in [-0.25, -0.2) is 0 Å². The van der Waals surface area contributed by atoms with Crippen LogP contribution in [0.5, 0.6) is 5.75 Å². The van der Waals surface area contributed by atoms with E-state index in [-0.39, 0.29) is 24.6 Å². The summed E-state index contributed by atoms with van der Waals surface area (Å²) in [6.45, 7) is 0.244. The maximum Gasteiger partial charge on any atom is 0.305 e. The van der Waals surface area contributed by atoms with E-state index in [1.807, 2.05) is 0 Å². The largest absolute Gasteiger partial charge is 0.497 e. The van der Waals surface area contributed by atoms with Crippen molar-refractivity contribution in [2.75, 3.05) is 18.6 Å². The van der Waals surface area contributed by atoms with Gasteiger partial charge in [-0.3, -0.25) is 25.2 Å². The molecule has 0 bridgehead atoms. The van der Waals surface area contributed by atoms with Crippen LogP contribution >= 0.6 is 0 Å². The van der Waals surface area contributed by atoms with Crippen molar-refractivity contribution in [3.05, 3.63) is 48.4 Å². The summed E-state index contributed by atoms with van der Waals surface area (Å²) in [7, 11) is 1.56. The van der Waals surface area contributed by atoms with Gasteiger partial charge in [-0.2, -0.15) is 0 Å². The summed E-state index contributed by atoms with van der Waals surface area (Å²) >= 11 is 0. The van der Waals surface area contributed by atoms with Crippen LogP contribution in [0.2, 0.25) is 0 Å². The molecule has 1 saturated heterocycles. The number of hydrazine groups is 1. The first-order valence-corrected chi connectivity index (χ1v) is 7.66. The summed E-state index contributed by atoms with van der Waals surface area (Å²) in [6, 6.07) is 10.1. The fourth-order valence-electron chi connectivity index (χ4n) is 2.58. The Labute approximate surface area is 143 Å². The lowest BCUT2D eigenvalue weighted by Gasteiger charge is -2.17. The van der Waals surface area contributed by atoms with E-state index in [2.05, 4.69) is 10.9 Å². The van der Waals surface area contributed by atoms with Crippen LogP contribution < -0.4 is 20.5 Å². The van der Waals surface area contributed by atoms with Crippen LogP contribution in [-0.2, 0) is 9.59 Å². The molecule has 8 heteroatoms. The van der Waals surface area contributed by atoms with Gasteiger partial charge in [-0.15, -0.1) is 0 Å².